The second-order valence-electron chi connectivity index (χ2n) is 7.11. The molecule has 1 aliphatic rings. The molecule has 2 N–H and O–H groups in total. The lowest BCUT2D eigenvalue weighted by Crippen LogP contribution is -2.37. The molecule has 0 radical (unpaired) electrons. The normalized spacial score (nSPS) is 15.8. The molecule has 8 heteroatoms. The molecule has 2 aromatic carbocycles. The predicted octanol–water partition coefficient (Wildman–Crippen LogP) is 5.00. The number of carbonyl (C=O) groups is 1. The smallest absolute Gasteiger partial charge is 0.322 e. The average molecular weight is 418 g/mol. The third-order valence-electron chi connectivity index (χ3n) is 5.30. The van der Waals surface area contributed by atoms with Crippen molar-refractivity contribution < 1.29 is 13.6 Å². The summed E-state index contributed by atoms with van der Waals surface area (Å²) in [5.41, 5.74) is 1.61. The zero-order chi connectivity index (χ0) is 20.7. The van der Waals surface area contributed by atoms with E-state index in [1.807, 2.05) is 0 Å². The summed E-state index contributed by atoms with van der Waals surface area (Å²) >= 11 is 5.78. The molecule has 5 nitrogen and oxygen atoms in total. The van der Waals surface area contributed by atoms with Crippen molar-refractivity contribution in [2.24, 2.45) is 0 Å². The molecule has 150 valence electrons. The molecule has 3 aromatic rings. The number of aromatic nitrogens is 1. The van der Waals surface area contributed by atoms with E-state index in [1.54, 1.807) is 13.1 Å². The second-order valence-corrected chi connectivity index (χ2v) is 7.52. The van der Waals surface area contributed by atoms with E-state index in [0.29, 0.717) is 23.9 Å². The number of halogens is 3. The van der Waals surface area contributed by atoms with Crippen LogP contribution in [0.3, 0.4) is 0 Å². The summed E-state index contributed by atoms with van der Waals surface area (Å²) in [5.74, 6) is -1.06. The largest absolute Gasteiger partial charge is 0.325 e. The van der Waals surface area contributed by atoms with Gasteiger partial charge in [-0.05, 0) is 55.0 Å². The highest BCUT2D eigenvalue weighted by molar-refractivity contribution is 6.31. The van der Waals surface area contributed by atoms with Gasteiger partial charge in [-0.25, -0.2) is 13.6 Å². The van der Waals surface area contributed by atoms with E-state index in [0.717, 1.165) is 17.7 Å². The molecule has 0 fully saturated rings. The fourth-order valence-electron chi connectivity index (χ4n) is 3.88. The van der Waals surface area contributed by atoms with Crippen LogP contribution in [0.25, 0.3) is 10.8 Å². The fraction of sp³-hybridized carbons (Fsp3) is 0.238. The topological polar surface area (TPSA) is 65.2 Å². The third-order valence-corrected chi connectivity index (χ3v) is 5.59. The summed E-state index contributed by atoms with van der Waals surface area (Å²) in [6.07, 6.45) is 2.16. The van der Waals surface area contributed by atoms with Crippen molar-refractivity contribution in [3.8, 4) is 0 Å². The van der Waals surface area contributed by atoms with E-state index in [9.17, 15) is 18.4 Å². The molecule has 0 saturated carbocycles. The Morgan fingerprint density at radius 2 is 2.00 bits per heavy atom. The van der Waals surface area contributed by atoms with Crippen LogP contribution in [0.4, 0.5) is 19.3 Å². The maximum absolute atomic E-state index is 13.7. The summed E-state index contributed by atoms with van der Waals surface area (Å²) in [6.45, 7) is 0. The molecule has 0 aliphatic heterocycles. The number of nitrogens with zero attached hydrogens (tertiary/aromatic N) is 1. The molecule has 4 rings (SSSR count). The summed E-state index contributed by atoms with van der Waals surface area (Å²) in [7, 11) is 1.65. The monoisotopic (exact) mass is 417 g/mol. The molecule has 0 spiro atoms. The Morgan fingerprint density at radius 1 is 1.21 bits per heavy atom. The molecule has 1 atom stereocenters. The average Bonchev–Trinajstić information content (AvgIpc) is 2.70. The fourth-order valence-corrected chi connectivity index (χ4v) is 4.06. The van der Waals surface area contributed by atoms with Crippen LogP contribution in [0, 0.1) is 11.6 Å². The van der Waals surface area contributed by atoms with E-state index >= 15 is 0 Å². The van der Waals surface area contributed by atoms with Crippen LogP contribution in [0.15, 0.2) is 41.2 Å². The minimum Gasteiger partial charge on any atom is -0.325 e. The molecular weight excluding hydrogens is 400 g/mol. The van der Waals surface area contributed by atoms with Gasteiger partial charge in [0.1, 0.15) is 11.6 Å². The lowest BCUT2D eigenvalue weighted by atomic mass is 9.87. The summed E-state index contributed by atoms with van der Waals surface area (Å²) in [4.78, 5) is 29.6. The summed E-state index contributed by atoms with van der Waals surface area (Å²) in [5, 5.41) is 3.52. The van der Waals surface area contributed by atoms with Crippen LogP contribution < -0.4 is 10.9 Å². The van der Waals surface area contributed by atoms with Crippen molar-refractivity contribution in [1.82, 2.24) is 9.88 Å². The number of benzene rings is 2. The lowest BCUT2D eigenvalue weighted by Gasteiger charge is -2.34. The molecule has 1 heterocycles. The standard InChI is InChI=1S/C21H18ClF2N3O2/c1-27(21(29)25-12-6-8-16(24)15(22)10-12)18-4-2-3-17-19(18)13-7-5-11(23)9-14(13)20(28)26-17/h5-10,18H,2-4H2,1H3,(H,25,29)(H,26,28)/t18-/m1/s1. The number of nitrogens with one attached hydrogen (secondary N) is 2. The minimum atomic E-state index is -0.568. The second kappa shape index (κ2) is 7.48. The Bertz CT molecular complexity index is 1180. The van der Waals surface area contributed by atoms with Crippen LogP contribution in [0.5, 0.6) is 0 Å². The number of carbonyl (C=O) groups excluding carboxylic acids is 1. The number of rotatable bonds is 2. The Kier molecular flexibility index (Phi) is 5.00. The van der Waals surface area contributed by atoms with Crippen molar-refractivity contribution in [3.63, 3.8) is 0 Å². The van der Waals surface area contributed by atoms with Gasteiger partial charge in [-0.3, -0.25) is 4.79 Å². The highest BCUT2D eigenvalue weighted by atomic mass is 35.5. The van der Waals surface area contributed by atoms with Gasteiger partial charge in [0, 0.05) is 24.0 Å². The molecule has 0 unspecified atom stereocenters. The zero-order valence-electron chi connectivity index (χ0n) is 15.6. The van der Waals surface area contributed by atoms with E-state index in [-0.39, 0.29) is 22.0 Å². The van der Waals surface area contributed by atoms with Crippen molar-refractivity contribution in [2.75, 3.05) is 12.4 Å². The molecule has 1 aliphatic carbocycles. The van der Waals surface area contributed by atoms with Crippen LogP contribution in [-0.2, 0) is 6.42 Å². The maximum Gasteiger partial charge on any atom is 0.322 e. The number of aromatic amines is 1. The Labute approximate surface area is 170 Å². The maximum atomic E-state index is 13.7. The highest BCUT2D eigenvalue weighted by Crippen LogP contribution is 2.37. The van der Waals surface area contributed by atoms with Crippen LogP contribution in [-0.4, -0.2) is 23.0 Å². The molecule has 0 saturated heterocycles. The molecule has 0 bridgehead atoms. The van der Waals surface area contributed by atoms with Gasteiger partial charge in [-0.15, -0.1) is 0 Å². The molecule has 1 aromatic heterocycles. The van der Waals surface area contributed by atoms with Crippen molar-refractivity contribution in [2.45, 2.75) is 25.3 Å². The van der Waals surface area contributed by atoms with E-state index < -0.39 is 17.7 Å². The number of hydrogen-bond donors (Lipinski definition) is 2. The Morgan fingerprint density at radius 3 is 2.76 bits per heavy atom. The van der Waals surface area contributed by atoms with Crippen molar-refractivity contribution >= 4 is 34.1 Å². The van der Waals surface area contributed by atoms with Gasteiger partial charge in [0.2, 0.25) is 0 Å². The van der Waals surface area contributed by atoms with E-state index in [4.69, 9.17) is 11.6 Å². The van der Waals surface area contributed by atoms with Gasteiger partial charge in [0.15, 0.2) is 0 Å². The minimum absolute atomic E-state index is 0.0842. The van der Waals surface area contributed by atoms with Gasteiger partial charge in [-0.1, -0.05) is 17.7 Å². The van der Waals surface area contributed by atoms with Gasteiger partial charge in [-0.2, -0.15) is 0 Å². The quantitative estimate of drug-likeness (QED) is 0.616. The first-order chi connectivity index (χ1) is 13.8. The number of H-pyrrole nitrogens is 1. The number of hydrogen-bond acceptors (Lipinski definition) is 2. The van der Waals surface area contributed by atoms with Gasteiger partial charge < -0.3 is 15.2 Å². The van der Waals surface area contributed by atoms with Gasteiger partial charge in [0.25, 0.3) is 5.56 Å². The zero-order valence-corrected chi connectivity index (χ0v) is 16.3. The Balaban J connectivity index is 1.70. The first kappa shape index (κ1) is 19.4. The van der Waals surface area contributed by atoms with Crippen LogP contribution in [0.1, 0.15) is 30.1 Å². The molecular formula is C21H18ClF2N3O2. The number of urea groups is 1. The number of aryl methyl sites for hydroxylation is 1. The van der Waals surface area contributed by atoms with Crippen molar-refractivity contribution in [3.05, 3.63) is 74.7 Å². The number of fused-ring (bicyclic) bond motifs is 3. The number of pyridine rings is 1. The SMILES string of the molecule is CN(C(=O)Nc1ccc(F)c(Cl)c1)[C@@H]1CCCc2[nH]c(=O)c3cc(F)ccc3c21. The van der Waals surface area contributed by atoms with Crippen LogP contribution >= 0.6 is 11.6 Å². The highest BCUT2D eigenvalue weighted by Gasteiger charge is 2.30. The Hall–Kier alpha value is -2.93. The predicted molar refractivity (Wildman–Crippen MR) is 108 cm³/mol. The number of anilines is 1. The van der Waals surface area contributed by atoms with Crippen LogP contribution in [0.2, 0.25) is 5.02 Å². The van der Waals surface area contributed by atoms with Gasteiger partial charge >= 0.3 is 6.03 Å². The summed E-state index contributed by atoms with van der Waals surface area (Å²) in [6, 6.07) is 7.36. The van der Waals surface area contributed by atoms with E-state index in [2.05, 4.69) is 10.3 Å². The molecule has 29 heavy (non-hydrogen) atoms. The van der Waals surface area contributed by atoms with Gasteiger partial charge in [0.05, 0.1) is 16.5 Å². The third kappa shape index (κ3) is 3.58. The number of amides is 2. The lowest BCUT2D eigenvalue weighted by molar-refractivity contribution is 0.197. The summed E-state index contributed by atoms with van der Waals surface area (Å²) < 4.78 is 27.0. The van der Waals surface area contributed by atoms with E-state index in [1.165, 1.54) is 35.2 Å². The molecule has 2 amide bonds. The van der Waals surface area contributed by atoms with Crippen molar-refractivity contribution in [1.29, 1.82) is 0 Å². The first-order valence-corrected chi connectivity index (χ1v) is 9.56. The first-order valence-electron chi connectivity index (χ1n) is 9.18.